The van der Waals surface area contributed by atoms with Crippen LogP contribution >= 0.6 is 23.1 Å². The summed E-state index contributed by atoms with van der Waals surface area (Å²) >= 11 is 2.88. The number of amides is 2. The summed E-state index contributed by atoms with van der Waals surface area (Å²) in [6.07, 6.45) is 3.10. The van der Waals surface area contributed by atoms with E-state index in [4.69, 9.17) is 0 Å². The number of thioether (sulfide) groups is 1. The first-order chi connectivity index (χ1) is 14.5. The van der Waals surface area contributed by atoms with Crippen molar-refractivity contribution in [3.05, 3.63) is 77.4 Å². The Labute approximate surface area is 183 Å². The van der Waals surface area contributed by atoms with Gasteiger partial charge < -0.3 is 5.32 Å². The van der Waals surface area contributed by atoms with Gasteiger partial charge >= 0.3 is 0 Å². The topological polar surface area (TPSA) is 84.0 Å². The number of hydrogen-bond acceptors (Lipinski definition) is 6. The Morgan fingerprint density at radius 1 is 1.10 bits per heavy atom. The number of nitrogens with zero attached hydrogens (tertiary/aromatic N) is 2. The van der Waals surface area contributed by atoms with Crippen LogP contribution in [-0.2, 0) is 15.3 Å². The minimum atomic E-state index is -0.703. The molecule has 30 heavy (non-hydrogen) atoms. The third-order valence-electron chi connectivity index (χ3n) is 4.10. The SMILES string of the molecule is Cc1ccc(CSc2nnc(NC(=O)C(C)NC(=O)/C=C/c3ccccc3)s2)cc1. The number of aromatic nitrogens is 2. The summed E-state index contributed by atoms with van der Waals surface area (Å²) in [6, 6.07) is 17.1. The zero-order chi connectivity index (χ0) is 21.3. The zero-order valence-corrected chi connectivity index (χ0v) is 18.3. The maximum absolute atomic E-state index is 12.3. The lowest BCUT2D eigenvalue weighted by molar-refractivity contribution is -0.123. The van der Waals surface area contributed by atoms with E-state index in [0.717, 1.165) is 15.7 Å². The Morgan fingerprint density at radius 2 is 1.83 bits per heavy atom. The van der Waals surface area contributed by atoms with Crippen LogP contribution in [0.2, 0.25) is 0 Å². The van der Waals surface area contributed by atoms with Crippen molar-refractivity contribution in [1.29, 1.82) is 0 Å². The molecule has 0 saturated heterocycles. The van der Waals surface area contributed by atoms with Crippen LogP contribution in [0.25, 0.3) is 6.08 Å². The third-order valence-corrected chi connectivity index (χ3v) is 6.14. The highest BCUT2D eigenvalue weighted by atomic mass is 32.2. The van der Waals surface area contributed by atoms with Crippen molar-refractivity contribution in [1.82, 2.24) is 15.5 Å². The lowest BCUT2D eigenvalue weighted by Crippen LogP contribution is -2.40. The van der Waals surface area contributed by atoms with Crippen LogP contribution in [0.4, 0.5) is 5.13 Å². The molecule has 1 aromatic heterocycles. The Balaban J connectivity index is 1.46. The van der Waals surface area contributed by atoms with Crippen LogP contribution in [0, 0.1) is 6.92 Å². The van der Waals surface area contributed by atoms with E-state index in [1.807, 2.05) is 30.3 Å². The van der Waals surface area contributed by atoms with E-state index in [1.54, 1.807) is 24.8 Å². The van der Waals surface area contributed by atoms with E-state index in [9.17, 15) is 9.59 Å². The standard InChI is InChI=1S/C22H22N4O2S2/c1-15-8-10-18(11-9-15)14-29-22-26-25-21(30-22)24-20(28)16(2)23-19(27)13-12-17-6-4-3-5-7-17/h3-13,16H,14H2,1-2H3,(H,23,27)(H,24,25,28)/b13-12+. The summed E-state index contributed by atoms with van der Waals surface area (Å²) < 4.78 is 0.772. The first-order valence-electron chi connectivity index (χ1n) is 9.36. The van der Waals surface area contributed by atoms with E-state index in [0.29, 0.717) is 5.13 Å². The highest BCUT2D eigenvalue weighted by molar-refractivity contribution is 8.00. The normalized spacial score (nSPS) is 11.9. The van der Waals surface area contributed by atoms with Gasteiger partial charge in [0.05, 0.1) is 0 Å². The molecule has 6 nitrogen and oxygen atoms in total. The van der Waals surface area contributed by atoms with Crippen LogP contribution in [-0.4, -0.2) is 28.1 Å². The third kappa shape index (κ3) is 6.82. The number of rotatable bonds is 8. The van der Waals surface area contributed by atoms with Crippen LogP contribution in [0.3, 0.4) is 0 Å². The maximum atomic E-state index is 12.3. The van der Waals surface area contributed by atoms with Gasteiger partial charge in [0.15, 0.2) is 4.34 Å². The molecule has 0 spiro atoms. The molecular weight excluding hydrogens is 416 g/mol. The van der Waals surface area contributed by atoms with E-state index < -0.39 is 6.04 Å². The number of anilines is 1. The second-order valence-electron chi connectivity index (χ2n) is 6.61. The highest BCUT2D eigenvalue weighted by Crippen LogP contribution is 2.28. The van der Waals surface area contributed by atoms with E-state index in [-0.39, 0.29) is 11.8 Å². The van der Waals surface area contributed by atoms with Gasteiger partial charge in [-0.1, -0.05) is 83.3 Å². The van der Waals surface area contributed by atoms with Crippen molar-refractivity contribution in [2.45, 2.75) is 30.0 Å². The van der Waals surface area contributed by atoms with Gasteiger partial charge in [-0.25, -0.2) is 0 Å². The first kappa shape index (κ1) is 21.7. The molecule has 0 aliphatic heterocycles. The fourth-order valence-corrected chi connectivity index (χ4v) is 4.14. The summed E-state index contributed by atoms with van der Waals surface area (Å²) in [4.78, 5) is 24.3. The molecule has 1 unspecified atom stereocenters. The zero-order valence-electron chi connectivity index (χ0n) is 16.7. The molecule has 0 aliphatic carbocycles. The predicted octanol–water partition coefficient (Wildman–Crippen LogP) is 4.30. The first-order valence-corrected chi connectivity index (χ1v) is 11.2. The molecule has 0 bridgehead atoms. The predicted molar refractivity (Wildman–Crippen MR) is 122 cm³/mol. The molecule has 1 atom stereocenters. The number of carbonyl (C=O) groups excluding carboxylic acids is 2. The van der Waals surface area contributed by atoms with Gasteiger partial charge in [-0.05, 0) is 31.1 Å². The molecule has 2 N–H and O–H groups in total. The Bertz CT molecular complexity index is 1020. The molecule has 1 heterocycles. The van der Waals surface area contributed by atoms with E-state index in [1.165, 1.54) is 28.5 Å². The Morgan fingerprint density at radius 3 is 2.57 bits per heavy atom. The molecule has 2 aromatic carbocycles. The summed E-state index contributed by atoms with van der Waals surface area (Å²) in [5.74, 6) is 0.0964. The highest BCUT2D eigenvalue weighted by Gasteiger charge is 2.16. The molecule has 0 aliphatic rings. The van der Waals surface area contributed by atoms with Crippen molar-refractivity contribution in [2.75, 3.05) is 5.32 Å². The number of hydrogen-bond donors (Lipinski definition) is 2. The quantitative estimate of drug-likeness (QED) is 0.311. The number of benzene rings is 2. The van der Waals surface area contributed by atoms with Crippen molar-refractivity contribution in [3.8, 4) is 0 Å². The molecule has 0 fully saturated rings. The van der Waals surface area contributed by atoms with Crippen molar-refractivity contribution in [3.63, 3.8) is 0 Å². The molecule has 3 aromatic rings. The largest absolute Gasteiger partial charge is 0.341 e. The van der Waals surface area contributed by atoms with Gasteiger partial charge in [-0.2, -0.15) is 0 Å². The number of aryl methyl sites for hydroxylation is 1. The Hall–Kier alpha value is -2.97. The molecule has 0 saturated carbocycles. The molecule has 0 radical (unpaired) electrons. The molecule has 3 rings (SSSR count). The average Bonchev–Trinajstić information content (AvgIpc) is 3.20. The van der Waals surface area contributed by atoms with Crippen molar-refractivity contribution in [2.24, 2.45) is 0 Å². The molecule has 2 amide bonds. The molecular formula is C22H22N4O2S2. The smallest absolute Gasteiger partial charge is 0.248 e. The second kappa shape index (κ2) is 10.7. The average molecular weight is 439 g/mol. The summed E-state index contributed by atoms with van der Waals surface area (Å²) in [5, 5.41) is 13.9. The molecule has 154 valence electrons. The molecule has 8 heteroatoms. The van der Waals surface area contributed by atoms with Gasteiger partial charge in [-0.15, -0.1) is 10.2 Å². The van der Waals surface area contributed by atoms with E-state index >= 15 is 0 Å². The van der Waals surface area contributed by atoms with Gasteiger partial charge in [0, 0.05) is 11.8 Å². The van der Waals surface area contributed by atoms with Crippen LogP contribution in [0.1, 0.15) is 23.6 Å². The van der Waals surface area contributed by atoms with Crippen LogP contribution < -0.4 is 10.6 Å². The fraction of sp³-hybridized carbons (Fsp3) is 0.182. The van der Waals surface area contributed by atoms with Gasteiger partial charge in [0.1, 0.15) is 6.04 Å². The van der Waals surface area contributed by atoms with Crippen LogP contribution in [0.5, 0.6) is 0 Å². The van der Waals surface area contributed by atoms with Gasteiger partial charge in [-0.3, -0.25) is 14.9 Å². The second-order valence-corrected chi connectivity index (χ2v) is 8.81. The van der Waals surface area contributed by atoms with Crippen molar-refractivity contribution < 1.29 is 9.59 Å². The maximum Gasteiger partial charge on any atom is 0.248 e. The van der Waals surface area contributed by atoms with Crippen LogP contribution in [0.15, 0.2) is 65.0 Å². The minimum Gasteiger partial charge on any atom is -0.341 e. The Kier molecular flexibility index (Phi) is 7.75. The lowest BCUT2D eigenvalue weighted by Gasteiger charge is -2.11. The van der Waals surface area contributed by atoms with E-state index in [2.05, 4.69) is 52.0 Å². The summed E-state index contributed by atoms with van der Waals surface area (Å²) in [5.41, 5.74) is 3.34. The van der Waals surface area contributed by atoms with Gasteiger partial charge in [0.2, 0.25) is 16.9 Å². The lowest BCUT2D eigenvalue weighted by atomic mass is 10.2. The monoisotopic (exact) mass is 438 g/mol. The number of carbonyl (C=O) groups is 2. The number of nitrogens with one attached hydrogen (secondary N) is 2. The minimum absolute atomic E-state index is 0.340. The summed E-state index contributed by atoms with van der Waals surface area (Å²) in [6.45, 7) is 3.68. The fourth-order valence-electron chi connectivity index (χ4n) is 2.42. The summed E-state index contributed by atoms with van der Waals surface area (Å²) in [7, 11) is 0. The van der Waals surface area contributed by atoms with Gasteiger partial charge in [0.25, 0.3) is 0 Å². The van der Waals surface area contributed by atoms with Crippen molar-refractivity contribution >= 4 is 46.1 Å².